The maximum absolute atomic E-state index is 11.3. The largest absolute Gasteiger partial charge is 0.466 e. The minimum Gasteiger partial charge on any atom is -0.466 e. The summed E-state index contributed by atoms with van der Waals surface area (Å²) < 4.78 is 4.77. The second kappa shape index (κ2) is 11.0. The van der Waals surface area contributed by atoms with Crippen molar-refractivity contribution < 1.29 is 14.3 Å². The number of carbonyl (C=O) groups excluding carboxylic acids is 2. The fraction of sp³-hybridized carbons (Fsp3) is 0.692. The number of nitrogens with one attached hydrogen (secondary N) is 1. The highest BCUT2D eigenvalue weighted by atomic mass is 16.5. The zero-order valence-electron chi connectivity index (χ0n) is 10.5. The van der Waals surface area contributed by atoms with E-state index in [2.05, 4.69) is 11.2 Å². The average molecular weight is 239 g/mol. The predicted octanol–water partition coefficient (Wildman–Crippen LogP) is 1.64. The molecule has 0 unspecified atom stereocenters. The van der Waals surface area contributed by atoms with E-state index in [-0.39, 0.29) is 11.9 Å². The summed E-state index contributed by atoms with van der Waals surface area (Å²) >= 11 is 0. The number of esters is 1. The van der Waals surface area contributed by atoms with Crippen molar-refractivity contribution in [1.29, 1.82) is 0 Å². The van der Waals surface area contributed by atoms with Crippen molar-refractivity contribution in [3.63, 3.8) is 0 Å². The van der Waals surface area contributed by atoms with E-state index in [0.29, 0.717) is 32.4 Å². The molecule has 0 aliphatic rings. The van der Waals surface area contributed by atoms with Gasteiger partial charge >= 0.3 is 5.97 Å². The molecule has 0 spiro atoms. The third-order valence-corrected chi connectivity index (χ3v) is 2.16. The average Bonchev–Trinajstić information content (AvgIpc) is 2.31. The summed E-state index contributed by atoms with van der Waals surface area (Å²) in [6.07, 6.45) is 8.99. The van der Waals surface area contributed by atoms with Crippen LogP contribution >= 0.6 is 0 Å². The Morgan fingerprint density at radius 1 is 1.24 bits per heavy atom. The van der Waals surface area contributed by atoms with E-state index in [4.69, 9.17) is 11.2 Å². The van der Waals surface area contributed by atoms with Crippen molar-refractivity contribution in [2.75, 3.05) is 13.2 Å². The number of carbonyl (C=O) groups is 2. The van der Waals surface area contributed by atoms with Gasteiger partial charge in [0.1, 0.15) is 0 Å². The van der Waals surface area contributed by atoms with Crippen molar-refractivity contribution in [3.8, 4) is 12.3 Å². The molecule has 0 atom stereocenters. The molecule has 4 nitrogen and oxygen atoms in total. The van der Waals surface area contributed by atoms with Gasteiger partial charge in [-0.25, -0.2) is 0 Å². The molecule has 0 saturated carbocycles. The van der Waals surface area contributed by atoms with Crippen LogP contribution in [0, 0.1) is 12.3 Å². The Hall–Kier alpha value is -1.50. The summed E-state index contributed by atoms with van der Waals surface area (Å²) in [6, 6.07) is 0. The van der Waals surface area contributed by atoms with Gasteiger partial charge in [0.25, 0.3) is 0 Å². The van der Waals surface area contributed by atoms with Gasteiger partial charge in [0, 0.05) is 25.8 Å². The standard InChI is InChI=1S/C13H21NO3/c1-3-5-6-7-9-12(15)14-11-8-10-13(16)17-4-2/h1H,4-11H2,2H3,(H,14,15). The highest BCUT2D eigenvalue weighted by Crippen LogP contribution is 1.98. The lowest BCUT2D eigenvalue weighted by Gasteiger charge is -2.04. The molecule has 17 heavy (non-hydrogen) atoms. The molecule has 0 saturated heterocycles. The van der Waals surface area contributed by atoms with Crippen LogP contribution in [-0.2, 0) is 14.3 Å². The molecule has 0 aromatic rings. The number of hydrogen-bond donors (Lipinski definition) is 1. The first-order valence-corrected chi connectivity index (χ1v) is 6.06. The molecule has 0 heterocycles. The highest BCUT2D eigenvalue weighted by Gasteiger charge is 2.03. The molecule has 0 aliphatic heterocycles. The Kier molecular flexibility index (Phi) is 10.0. The zero-order chi connectivity index (χ0) is 12.9. The number of rotatable bonds is 9. The zero-order valence-corrected chi connectivity index (χ0v) is 10.5. The van der Waals surface area contributed by atoms with Crippen LogP contribution in [0.25, 0.3) is 0 Å². The summed E-state index contributed by atoms with van der Waals surface area (Å²) in [5.41, 5.74) is 0. The van der Waals surface area contributed by atoms with Crippen molar-refractivity contribution in [2.24, 2.45) is 0 Å². The third-order valence-electron chi connectivity index (χ3n) is 2.16. The Bertz CT molecular complexity index is 268. The van der Waals surface area contributed by atoms with Crippen molar-refractivity contribution in [3.05, 3.63) is 0 Å². The van der Waals surface area contributed by atoms with Crippen LogP contribution in [0.4, 0.5) is 0 Å². The molecule has 0 aromatic heterocycles. The van der Waals surface area contributed by atoms with E-state index in [0.717, 1.165) is 19.3 Å². The molecule has 1 amide bonds. The van der Waals surface area contributed by atoms with Crippen LogP contribution in [0.3, 0.4) is 0 Å². The Labute approximate surface area is 103 Å². The van der Waals surface area contributed by atoms with E-state index in [9.17, 15) is 9.59 Å². The maximum Gasteiger partial charge on any atom is 0.305 e. The Morgan fingerprint density at radius 3 is 2.65 bits per heavy atom. The van der Waals surface area contributed by atoms with Gasteiger partial charge in [-0.1, -0.05) is 0 Å². The van der Waals surface area contributed by atoms with E-state index >= 15 is 0 Å². The lowest BCUT2D eigenvalue weighted by Crippen LogP contribution is -2.24. The fourth-order valence-corrected chi connectivity index (χ4v) is 1.29. The highest BCUT2D eigenvalue weighted by molar-refractivity contribution is 5.75. The minimum absolute atomic E-state index is 0.0193. The van der Waals surface area contributed by atoms with Crippen LogP contribution in [-0.4, -0.2) is 25.0 Å². The quantitative estimate of drug-likeness (QED) is 0.378. The monoisotopic (exact) mass is 239 g/mol. The summed E-state index contributed by atoms with van der Waals surface area (Å²) in [4.78, 5) is 22.3. The molecule has 0 fully saturated rings. The number of unbranched alkanes of at least 4 members (excludes halogenated alkanes) is 2. The number of amides is 1. The van der Waals surface area contributed by atoms with Crippen LogP contribution < -0.4 is 5.32 Å². The Balaban J connectivity index is 3.33. The van der Waals surface area contributed by atoms with E-state index in [1.807, 2.05) is 0 Å². The predicted molar refractivity (Wildman–Crippen MR) is 66.2 cm³/mol. The number of terminal acetylenes is 1. The molecule has 0 rings (SSSR count). The topological polar surface area (TPSA) is 55.4 Å². The van der Waals surface area contributed by atoms with E-state index in [1.165, 1.54) is 0 Å². The van der Waals surface area contributed by atoms with Gasteiger partial charge in [-0.15, -0.1) is 12.3 Å². The molecule has 0 radical (unpaired) electrons. The van der Waals surface area contributed by atoms with Crippen LogP contribution in [0.1, 0.15) is 45.4 Å². The van der Waals surface area contributed by atoms with Gasteiger partial charge in [0.2, 0.25) is 5.91 Å². The first-order chi connectivity index (χ1) is 8.20. The van der Waals surface area contributed by atoms with Crippen LogP contribution in [0.15, 0.2) is 0 Å². The third kappa shape index (κ3) is 10.8. The van der Waals surface area contributed by atoms with Gasteiger partial charge in [-0.05, 0) is 26.2 Å². The molecular weight excluding hydrogens is 218 g/mol. The van der Waals surface area contributed by atoms with Gasteiger partial charge in [-0.3, -0.25) is 9.59 Å². The normalized spacial score (nSPS) is 9.41. The second-order valence-electron chi connectivity index (χ2n) is 3.67. The molecular formula is C13H21NO3. The molecule has 96 valence electrons. The van der Waals surface area contributed by atoms with Crippen molar-refractivity contribution in [2.45, 2.75) is 45.4 Å². The van der Waals surface area contributed by atoms with Gasteiger partial charge in [-0.2, -0.15) is 0 Å². The van der Waals surface area contributed by atoms with Crippen LogP contribution in [0.2, 0.25) is 0 Å². The van der Waals surface area contributed by atoms with Crippen molar-refractivity contribution in [1.82, 2.24) is 5.32 Å². The molecule has 0 aromatic carbocycles. The summed E-state index contributed by atoms with van der Waals surface area (Å²) in [6.45, 7) is 2.70. The molecule has 4 heteroatoms. The first-order valence-electron chi connectivity index (χ1n) is 6.06. The fourth-order valence-electron chi connectivity index (χ4n) is 1.29. The second-order valence-corrected chi connectivity index (χ2v) is 3.67. The number of hydrogen-bond acceptors (Lipinski definition) is 3. The number of ether oxygens (including phenoxy) is 1. The van der Waals surface area contributed by atoms with E-state index < -0.39 is 0 Å². The molecule has 0 bridgehead atoms. The molecule has 0 aliphatic carbocycles. The lowest BCUT2D eigenvalue weighted by atomic mass is 10.2. The minimum atomic E-state index is -0.212. The summed E-state index contributed by atoms with van der Waals surface area (Å²) in [5, 5.41) is 2.76. The summed E-state index contributed by atoms with van der Waals surface area (Å²) in [7, 11) is 0. The summed E-state index contributed by atoms with van der Waals surface area (Å²) in [5.74, 6) is 2.34. The Morgan fingerprint density at radius 2 is 2.00 bits per heavy atom. The first kappa shape index (κ1) is 15.5. The molecule has 1 N–H and O–H groups in total. The van der Waals surface area contributed by atoms with E-state index in [1.54, 1.807) is 6.92 Å². The van der Waals surface area contributed by atoms with Crippen molar-refractivity contribution >= 4 is 11.9 Å². The maximum atomic E-state index is 11.3. The van der Waals surface area contributed by atoms with Gasteiger partial charge in [0.15, 0.2) is 0 Å². The smallest absolute Gasteiger partial charge is 0.305 e. The van der Waals surface area contributed by atoms with Gasteiger partial charge in [0.05, 0.1) is 6.61 Å². The lowest BCUT2D eigenvalue weighted by molar-refractivity contribution is -0.143. The van der Waals surface area contributed by atoms with Crippen LogP contribution in [0.5, 0.6) is 0 Å². The van der Waals surface area contributed by atoms with Gasteiger partial charge < -0.3 is 10.1 Å². The SMILES string of the molecule is C#CCCCCC(=O)NCCCC(=O)OCC.